The van der Waals surface area contributed by atoms with Crippen LogP contribution < -0.4 is 4.74 Å². The summed E-state index contributed by atoms with van der Waals surface area (Å²) in [6, 6.07) is 13.6. The summed E-state index contributed by atoms with van der Waals surface area (Å²) in [5.41, 5.74) is 1.11. The van der Waals surface area contributed by atoms with E-state index in [-0.39, 0.29) is 10.5 Å². The van der Waals surface area contributed by atoms with Gasteiger partial charge in [-0.2, -0.15) is 14.9 Å². The Kier molecular flexibility index (Phi) is 4.66. The Labute approximate surface area is 147 Å². The maximum atomic E-state index is 11.1. The van der Waals surface area contributed by atoms with E-state index in [1.807, 2.05) is 12.1 Å². The Morgan fingerprint density at radius 3 is 2.68 bits per heavy atom. The number of hydrogen-bond acceptors (Lipinski definition) is 6. The number of ether oxygens (including phenoxy) is 1. The van der Waals surface area contributed by atoms with Crippen molar-refractivity contribution in [2.75, 3.05) is 7.11 Å². The summed E-state index contributed by atoms with van der Waals surface area (Å²) >= 11 is 5.19. The van der Waals surface area contributed by atoms with Crippen molar-refractivity contribution >= 4 is 24.1 Å². The van der Waals surface area contributed by atoms with Crippen LogP contribution >= 0.6 is 12.2 Å². The summed E-state index contributed by atoms with van der Waals surface area (Å²) in [6.45, 7) is 0. The minimum absolute atomic E-state index is 0.0349. The van der Waals surface area contributed by atoms with Gasteiger partial charge in [0.2, 0.25) is 4.77 Å². The molecule has 0 radical (unpaired) electrons. The molecule has 8 nitrogen and oxygen atoms in total. The normalized spacial score (nSPS) is 10.9. The molecule has 0 saturated heterocycles. The third kappa shape index (κ3) is 3.45. The summed E-state index contributed by atoms with van der Waals surface area (Å²) in [7, 11) is 1.59. The van der Waals surface area contributed by atoms with Gasteiger partial charge in [-0.3, -0.25) is 10.1 Å². The molecule has 0 bridgehead atoms. The van der Waals surface area contributed by atoms with Crippen LogP contribution in [-0.2, 0) is 0 Å². The number of aromatic amines is 1. The van der Waals surface area contributed by atoms with E-state index >= 15 is 0 Å². The molecule has 0 fully saturated rings. The second-order valence-corrected chi connectivity index (χ2v) is 5.34. The van der Waals surface area contributed by atoms with Gasteiger partial charge in [0.25, 0.3) is 5.69 Å². The van der Waals surface area contributed by atoms with Gasteiger partial charge in [0, 0.05) is 11.6 Å². The zero-order valence-corrected chi connectivity index (χ0v) is 13.9. The van der Waals surface area contributed by atoms with Gasteiger partial charge >= 0.3 is 0 Å². The maximum Gasteiger partial charge on any atom is 0.278 e. The molecule has 0 spiro atoms. The SMILES string of the molecule is COc1ccc(-c2n[nH]c(=S)n2N=Cc2ccccc2[N+](=O)[O-])cc1. The minimum Gasteiger partial charge on any atom is -0.497 e. The van der Waals surface area contributed by atoms with E-state index in [1.54, 1.807) is 37.4 Å². The molecule has 1 N–H and O–H groups in total. The molecule has 25 heavy (non-hydrogen) atoms. The highest BCUT2D eigenvalue weighted by Gasteiger charge is 2.12. The number of aromatic nitrogens is 3. The summed E-state index contributed by atoms with van der Waals surface area (Å²) < 4.78 is 6.82. The van der Waals surface area contributed by atoms with Crippen molar-refractivity contribution in [1.29, 1.82) is 0 Å². The number of nitrogens with one attached hydrogen (secondary N) is 1. The van der Waals surface area contributed by atoms with Crippen molar-refractivity contribution in [3.63, 3.8) is 0 Å². The van der Waals surface area contributed by atoms with E-state index in [1.165, 1.54) is 17.0 Å². The topological polar surface area (TPSA) is 98.3 Å². The molecule has 0 aliphatic heterocycles. The molecule has 0 aliphatic rings. The van der Waals surface area contributed by atoms with Crippen LogP contribution in [0.2, 0.25) is 0 Å². The maximum absolute atomic E-state index is 11.1. The van der Waals surface area contributed by atoms with Crippen LogP contribution in [0.15, 0.2) is 53.6 Å². The first-order chi connectivity index (χ1) is 12.1. The third-order valence-corrected chi connectivity index (χ3v) is 3.71. The van der Waals surface area contributed by atoms with Crippen molar-refractivity contribution in [2.24, 2.45) is 5.10 Å². The molecule has 1 aromatic heterocycles. The highest BCUT2D eigenvalue weighted by atomic mass is 32.1. The number of nitro benzene ring substituents is 1. The van der Waals surface area contributed by atoms with Crippen LogP contribution in [0.3, 0.4) is 0 Å². The zero-order valence-electron chi connectivity index (χ0n) is 13.1. The Morgan fingerprint density at radius 1 is 1.28 bits per heavy atom. The highest BCUT2D eigenvalue weighted by molar-refractivity contribution is 7.71. The number of nitro groups is 1. The average Bonchev–Trinajstić information content (AvgIpc) is 3.00. The lowest BCUT2D eigenvalue weighted by Crippen LogP contribution is -1.98. The first kappa shape index (κ1) is 16.5. The lowest BCUT2D eigenvalue weighted by Gasteiger charge is -2.03. The van der Waals surface area contributed by atoms with E-state index in [9.17, 15) is 10.1 Å². The molecule has 0 amide bonds. The lowest BCUT2D eigenvalue weighted by molar-refractivity contribution is -0.385. The van der Waals surface area contributed by atoms with E-state index in [0.29, 0.717) is 17.1 Å². The number of hydrogen-bond donors (Lipinski definition) is 1. The second-order valence-electron chi connectivity index (χ2n) is 4.95. The molecule has 0 atom stereocenters. The van der Waals surface area contributed by atoms with Crippen LogP contribution in [-0.4, -0.2) is 33.1 Å². The quantitative estimate of drug-likeness (QED) is 0.327. The smallest absolute Gasteiger partial charge is 0.278 e. The van der Waals surface area contributed by atoms with E-state index in [2.05, 4.69) is 15.3 Å². The fourth-order valence-corrected chi connectivity index (χ4v) is 2.39. The Balaban J connectivity index is 2.00. The molecule has 0 aliphatic carbocycles. The fourth-order valence-electron chi connectivity index (χ4n) is 2.21. The molecule has 9 heteroatoms. The molecule has 1 heterocycles. The molecule has 0 saturated carbocycles. The monoisotopic (exact) mass is 355 g/mol. The van der Waals surface area contributed by atoms with Gasteiger partial charge < -0.3 is 4.74 Å². The van der Waals surface area contributed by atoms with Gasteiger partial charge in [-0.15, -0.1) is 0 Å². The van der Waals surface area contributed by atoms with Gasteiger partial charge in [0.05, 0.1) is 23.8 Å². The second kappa shape index (κ2) is 7.05. The van der Waals surface area contributed by atoms with Crippen molar-refractivity contribution in [3.8, 4) is 17.1 Å². The minimum atomic E-state index is -0.458. The van der Waals surface area contributed by atoms with Crippen molar-refractivity contribution < 1.29 is 9.66 Å². The van der Waals surface area contributed by atoms with Crippen LogP contribution in [0.1, 0.15) is 5.56 Å². The molecule has 2 aromatic carbocycles. The number of para-hydroxylation sites is 1. The predicted octanol–water partition coefficient (Wildman–Crippen LogP) is 3.41. The number of methoxy groups -OCH3 is 1. The van der Waals surface area contributed by atoms with E-state index in [4.69, 9.17) is 17.0 Å². The number of nitrogens with zero attached hydrogens (tertiary/aromatic N) is 4. The van der Waals surface area contributed by atoms with Crippen molar-refractivity contribution in [2.45, 2.75) is 0 Å². The number of benzene rings is 2. The predicted molar refractivity (Wildman–Crippen MR) is 95.5 cm³/mol. The largest absolute Gasteiger partial charge is 0.497 e. The van der Waals surface area contributed by atoms with Gasteiger partial charge in [-0.05, 0) is 42.5 Å². The summed E-state index contributed by atoms with van der Waals surface area (Å²) in [6.07, 6.45) is 1.39. The third-order valence-electron chi connectivity index (χ3n) is 3.44. The molecule has 0 unspecified atom stereocenters. The molecular formula is C16H13N5O3S. The number of H-pyrrole nitrogens is 1. The standard InChI is InChI=1S/C16H13N5O3S/c1-24-13-8-6-11(7-9-13)15-18-19-16(25)20(15)17-10-12-4-2-3-5-14(12)21(22)23/h2-10H,1H3,(H,19,25). The highest BCUT2D eigenvalue weighted by Crippen LogP contribution is 2.21. The zero-order chi connectivity index (χ0) is 17.8. The summed E-state index contributed by atoms with van der Waals surface area (Å²) in [5.74, 6) is 1.20. The average molecular weight is 355 g/mol. The van der Waals surface area contributed by atoms with Crippen LogP contribution in [0.25, 0.3) is 11.4 Å². The molecule has 3 rings (SSSR count). The van der Waals surface area contributed by atoms with Crippen LogP contribution in [0.5, 0.6) is 5.75 Å². The van der Waals surface area contributed by atoms with Gasteiger partial charge in [0.1, 0.15) is 5.75 Å². The summed E-state index contributed by atoms with van der Waals surface area (Å²) in [5, 5.41) is 22.2. The Hall–Kier alpha value is -3.33. The van der Waals surface area contributed by atoms with Gasteiger partial charge in [-0.25, -0.2) is 5.10 Å². The Bertz CT molecular complexity index is 992. The fraction of sp³-hybridized carbons (Fsp3) is 0.0625. The Morgan fingerprint density at radius 2 is 2.00 bits per heavy atom. The van der Waals surface area contributed by atoms with Crippen LogP contribution in [0, 0.1) is 14.9 Å². The molecule has 126 valence electrons. The first-order valence-corrected chi connectivity index (χ1v) is 7.60. The van der Waals surface area contributed by atoms with Crippen molar-refractivity contribution in [3.05, 3.63) is 69.0 Å². The lowest BCUT2D eigenvalue weighted by atomic mass is 10.2. The summed E-state index contributed by atoms with van der Waals surface area (Å²) in [4.78, 5) is 10.6. The van der Waals surface area contributed by atoms with Crippen LogP contribution in [0.4, 0.5) is 5.69 Å². The van der Waals surface area contributed by atoms with E-state index in [0.717, 1.165) is 5.56 Å². The first-order valence-electron chi connectivity index (χ1n) is 7.20. The molecule has 3 aromatic rings. The van der Waals surface area contributed by atoms with Gasteiger partial charge in [-0.1, -0.05) is 12.1 Å². The van der Waals surface area contributed by atoms with Crippen molar-refractivity contribution in [1.82, 2.24) is 14.9 Å². The van der Waals surface area contributed by atoms with E-state index < -0.39 is 4.92 Å². The molecular weight excluding hydrogens is 342 g/mol. The van der Waals surface area contributed by atoms with Gasteiger partial charge in [0.15, 0.2) is 5.82 Å². The number of rotatable bonds is 5.